The summed E-state index contributed by atoms with van der Waals surface area (Å²) in [6.45, 7) is 5.43. The van der Waals surface area contributed by atoms with E-state index in [-0.39, 0.29) is 5.78 Å². The Balaban J connectivity index is 2.18. The number of hydrogen-bond donors (Lipinski definition) is 1. The molecule has 0 heterocycles. The third kappa shape index (κ3) is 3.79. The van der Waals surface area contributed by atoms with E-state index in [9.17, 15) is 14.5 Å². The molecular weight excluding hydrogens is 383 g/mol. The van der Waals surface area contributed by atoms with Crippen molar-refractivity contribution in [2.75, 3.05) is 7.11 Å². The van der Waals surface area contributed by atoms with Crippen LogP contribution in [0.5, 0.6) is 0 Å². The van der Waals surface area contributed by atoms with E-state index in [1.54, 1.807) is 43.3 Å². The van der Waals surface area contributed by atoms with E-state index in [4.69, 9.17) is 4.52 Å². The molecule has 3 rings (SSSR count). The van der Waals surface area contributed by atoms with Gasteiger partial charge in [0.25, 0.3) is 0 Å². The number of carbonyl (C=O) groups is 2. The van der Waals surface area contributed by atoms with Gasteiger partial charge in [-0.15, -0.1) is 0 Å². The Labute approximate surface area is 171 Å². The average molecular weight is 407 g/mol. The van der Waals surface area contributed by atoms with E-state index >= 15 is 0 Å². The second kappa shape index (κ2) is 8.38. The lowest BCUT2D eigenvalue weighted by Gasteiger charge is -2.19. The zero-order chi connectivity index (χ0) is 21.2. The summed E-state index contributed by atoms with van der Waals surface area (Å²) >= 11 is 0. The van der Waals surface area contributed by atoms with Crippen molar-refractivity contribution in [1.29, 1.82) is 0 Å². The molecule has 1 atom stereocenters. The van der Waals surface area contributed by atoms with Crippen LogP contribution in [-0.4, -0.2) is 23.3 Å². The van der Waals surface area contributed by atoms with Gasteiger partial charge in [0.15, 0.2) is 11.1 Å². The van der Waals surface area contributed by atoms with Crippen molar-refractivity contribution in [1.82, 2.24) is 0 Å². The second-order valence-corrected chi connectivity index (χ2v) is 9.42. The average Bonchev–Trinajstić information content (AvgIpc) is 2.73. The van der Waals surface area contributed by atoms with Crippen LogP contribution in [0.15, 0.2) is 66.7 Å². The maximum absolute atomic E-state index is 13.5. The minimum absolute atomic E-state index is 0.145. The van der Waals surface area contributed by atoms with Gasteiger partial charge >= 0.3 is 13.2 Å². The van der Waals surface area contributed by atoms with Gasteiger partial charge in [0.2, 0.25) is 0 Å². The zero-order valence-electron chi connectivity index (χ0n) is 17.0. The summed E-state index contributed by atoms with van der Waals surface area (Å²) in [6, 6.07) is 19.5. The summed E-state index contributed by atoms with van der Waals surface area (Å²) in [5.41, 5.74) is 2.97. The first-order valence-corrected chi connectivity index (χ1v) is 11.0. The third-order valence-corrected chi connectivity index (χ3v) is 7.39. The molecule has 5 heteroatoms. The fourth-order valence-electron chi connectivity index (χ4n) is 3.69. The van der Waals surface area contributed by atoms with Gasteiger partial charge < -0.3 is 0 Å². The minimum Gasteiger partial charge on any atom is -0.289 e. The lowest BCUT2D eigenvalue weighted by molar-refractivity contribution is 0.103. The molecule has 0 spiro atoms. The van der Waals surface area contributed by atoms with E-state index in [0.29, 0.717) is 33.1 Å². The van der Waals surface area contributed by atoms with Crippen LogP contribution in [0.1, 0.15) is 43.0 Å². The fourth-order valence-corrected chi connectivity index (χ4v) is 5.52. The number of ketones is 1. The highest BCUT2D eigenvalue weighted by Crippen LogP contribution is 2.57. The number of rotatable bonds is 6. The molecular formula is C24H24O4P+. The first-order chi connectivity index (χ1) is 13.8. The largest absolute Gasteiger partial charge is 0.378 e. The molecule has 0 bridgehead atoms. The van der Waals surface area contributed by atoms with Crippen LogP contribution in [0.25, 0.3) is 0 Å². The van der Waals surface area contributed by atoms with Crippen LogP contribution in [-0.2, 0) is 4.52 Å². The van der Waals surface area contributed by atoms with Crippen molar-refractivity contribution in [2.45, 2.75) is 20.8 Å². The smallest absolute Gasteiger partial charge is 0.289 e. The van der Waals surface area contributed by atoms with Crippen LogP contribution < -0.4 is 5.30 Å². The molecule has 0 radical (unpaired) electrons. The van der Waals surface area contributed by atoms with Crippen LogP contribution in [0, 0.1) is 20.8 Å². The molecule has 0 amide bonds. The molecule has 148 valence electrons. The lowest BCUT2D eigenvalue weighted by atomic mass is 9.89. The van der Waals surface area contributed by atoms with Crippen LogP contribution >= 0.6 is 7.72 Å². The number of benzene rings is 3. The summed E-state index contributed by atoms with van der Waals surface area (Å²) in [4.78, 5) is 37.9. The summed E-state index contributed by atoms with van der Waals surface area (Å²) in [6.07, 6.45) is 0. The fraction of sp³-hybridized carbons (Fsp3) is 0.167. The standard InChI is InChI=1S/C24H24O4P/c1-16-15-17(2)22(18(3)21(16)23(25)19-11-7-5-8-12-19)24(26)29(27,28-4)20-13-9-6-10-14-20/h5-15,27H,1-4H3/q+1. The van der Waals surface area contributed by atoms with Crippen molar-refractivity contribution >= 4 is 24.3 Å². The highest BCUT2D eigenvalue weighted by atomic mass is 31.2. The van der Waals surface area contributed by atoms with E-state index in [1.165, 1.54) is 7.11 Å². The predicted octanol–water partition coefficient (Wildman–Crippen LogP) is 4.79. The second-order valence-electron chi connectivity index (χ2n) is 6.98. The molecule has 1 unspecified atom stereocenters. The number of aryl methyl sites for hydroxylation is 2. The molecule has 0 aliphatic rings. The summed E-state index contributed by atoms with van der Waals surface area (Å²) in [7, 11) is -2.22. The number of hydrogen-bond acceptors (Lipinski definition) is 4. The van der Waals surface area contributed by atoms with Crippen LogP contribution in [0.2, 0.25) is 0 Å². The maximum Gasteiger partial charge on any atom is 0.378 e. The van der Waals surface area contributed by atoms with Gasteiger partial charge in [-0.1, -0.05) is 54.6 Å². The van der Waals surface area contributed by atoms with Gasteiger partial charge in [-0.2, -0.15) is 4.52 Å². The van der Waals surface area contributed by atoms with E-state index in [2.05, 4.69) is 0 Å². The van der Waals surface area contributed by atoms with Gasteiger partial charge in [0, 0.05) is 11.1 Å². The van der Waals surface area contributed by atoms with Crippen molar-refractivity contribution in [3.8, 4) is 0 Å². The first-order valence-electron chi connectivity index (χ1n) is 9.30. The Hall–Kier alpha value is -2.65. The molecule has 3 aromatic carbocycles. The van der Waals surface area contributed by atoms with Gasteiger partial charge in [-0.25, -0.2) is 9.69 Å². The quantitative estimate of drug-likeness (QED) is 0.471. The maximum atomic E-state index is 13.5. The first kappa shape index (κ1) is 21.1. The summed E-state index contributed by atoms with van der Waals surface area (Å²) in [5.74, 6) is -0.145. The van der Waals surface area contributed by atoms with Crippen molar-refractivity contribution < 1.29 is 19.0 Å². The Morgan fingerprint density at radius 2 is 1.34 bits per heavy atom. The van der Waals surface area contributed by atoms with E-state index in [1.807, 2.05) is 44.2 Å². The molecule has 0 aliphatic carbocycles. The molecule has 0 aromatic heterocycles. The molecule has 0 saturated heterocycles. The molecule has 3 aromatic rings. The SMILES string of the molecule is CO[P+](O)(C(=O)c1c(C)cc(C)c(C(=O)c2ccccc2)c1C)c1ccccc1. The lowest BCUT2D eigenvalue weighted by Crippen LogP contribution is -2.23. The topological polar surface area (TPSA) is 63.6 Å². The Morgan fingerprint density at radius 1 is 0.828 bits per heavy atom. The Bertz CT molecular complexity index is 1060. The van der Waals surface area contributed by atoms with E-state index < -0.39 is 13.2 Å². The van der Waals surface area contributed by atoms with Crippen molar-refractivity contribution in [3.05, 3.63) is 100 Å². The highest BCUT2D eigenvalue weighted by Gasteiger charge is 2.51. The normalized spacial score (nSPS) is 13.0. The molecule has 0 saturated carbocycles. The van der Waals surface area contributed by atoms with Crippen LogP contribution in [0.4, 0.5) is 0 Å². The molecule has 0 aliphatic heterocycles. The molecule has 0 fully saturated rings. The number of carbonyl (C=O) groups excluding carboxylic acids is 2. The van der Waals surface area contributed by atoms with Crippen LogP contribution in [0.3, 0.4) is 0 Å². The summed E-state index contributed by atoms with van der Waals surface area (Å²) < 4.78 is 5.40. The predicted molar refractivity (Wildman–Crippen MR) is 117 cm³/mol. The van der Waals surface area contributed by atoms with Crippen molar-refractivity contribution in [2.24, 2.45) is 0 Å². The molecule has 4 nitrogen and oxygen atoms in total. The Kier molecular flexibility index (Phi) is 6.09. The Morgan fingerprint density at radius 3 is 1.90 bits per heavy atom. The molecule has 29 heavy (non-hydrogen) atoms. The van der Waals surface area contributed by atoms with Gasteiger partial charge in [0.05, 0.1) is 12.7 Å². The van der Waals surface area contributed by atoms with Crippen molar-refractivity contribution in [3.63, 3.8) is 0 Å². The summed E-state index contributed by atoms with van der Waals surface area (Å²) in [5, 5.41) is 0.447. The molecule has 1 N–H and O–H groups in total. The van der Waals surface area contributed by atoms with E-state index in [0.717, 1.165) is 5.56 Å². The zero-order valence-corrected chi connectivity index (χ0v) is 17.9. The third-order valence-electron chi connectivity index (χ3n) is 5.09. The van der Waals surface area contributed by atoms with Gasteiger partial charge in [-0.05, 0) is 49.6 Å². The van der Waals surface area contributed by atoms with Gasteiger partial charge in [-0.3, -0.25) is 4.79 Å². The van der Waals surface area contributed by atoms with Gasteiger partial charge in [0.1, 0.15) is 0 Å². The minimum atomic E-state index is -3.56. The highest BCUT2D eigenvalue weighted by molar-refractivity contribution is 7.89. The monoisotopic (exact) mass is 407 g/mol.